The predicted molar refractivity (Wildman–Crippen MR) is 49.0 cm³/mol. The number of hydrogen-bond acceptors (Lipinski definition) is 2. The number of hydrogen-bond donors (Lipinski definition) is 1. The number of rotatable bonds is 3. The predicted octanol–water partition coefficient (Wildman–Crippen LogP) is 1.10. The van der Waals surface area contributed by atoms with Crippen LogP contribution in [0.5, 0.6) is 0 Å². The third-order valence-electron chi connectivity index (χ3n) is 3.34. The minimum Gasteiger partial charge on any atom is -0.396 e. The van der Waals surface area contributed by atoms with Crippen LogP contribution < -0.4 is 0 Å². The Hall–Kier alpha value is -0.0800. The second-order valence-corrected chi connectivity index (χ2v) is 4.88. The Morgan fingerprint density at radius 1 is 1.50 bits per heavy atom. The zero-order valence-electron chi connectivity index (χ0n) is 7.92. The molecule has 2 aliphatic rings. The Morgan fingerprint density at radius 3 is 2.75 bits per heavy atom. The quantitative estimate of drug-likeness (QED) is 0.684. The van der Waals surface area contributed by atoms with Crippen molar-refractivity contribution in [2.45, 2.75) is 26.2 Å². The van der Waals surface area contributed by atoms with Gasteiger partial charge in [-0.3, -0.25) is 0 Å². The van der Waals surface area contributed by atoms with Gasteiger partial charge in [0.25, 0.3) is 0 Å². The van der Waals surface area contributed by atoms with Crippen molar-refractivity contribution in [1.82, 2.24) is 4.90 Å². The van der Waals surface area contributed by atoms with E-state index in [-0.39, 0.29) is 0 Å². The van der Waals surface area contributed by atoms with E-state index in [1.807, 2.05) is 0 Å². The highest BCUT2D eigenvalue weighted by Crippen LogP contribution is 2.46. The summed E-state index contributed by atoms with van der Waals surface area (Å²) in [6, 6.07) is 0. The summed E-state index contributed by atoms with van der Waals surface area (Å²) < 4.78 is 0. The SMILES string of the molecule is CC1(CN2CC[C@@H](CO)C2)CC1. The number of aliphatic hydroxyl groups is 1. The van der Waals surface area contributed by atoms with Crippen LogP contribution in [0.2, 0.25) is 0 Å². The average Bonchev–Trinajstić information content (AvgIpc) is 2.63. The second kappa shape index (κ2) is 3.00. The minimum absolute atomic E-state index is 0.382. The molecule has 2 heteroatoms. The molecule has 1 heterocycles. The van der Waals surface area contributed by atoms with E-state index in [1.54, 1.807) is 0 Å². The minimum atomic E-state index is 0.382. The number of aliphatic hydroxyl groups excluding tert-OH is 1. The summed E-state index contributed by atoms with van der Waals surface area (Å²) in [4.78, 5) is 2.52. The summed E-state index contributed by atoms with van der Waals surface area (Å²) in [6.07, 6.45) is 4.02. The maximum atomic E-state index is 8.97. The lowest BCUT2D eigenvalue weighted by Gasteiger charge is -2.19. The fourth-order valence-electron chi connectivity index (χ4n) is 2.12. The molecule has 1 aliphatic heterocycles. The van der Waals surface area contributed by atoms with Gasteiger partial charge >= 0.3 is 0 Å². The highest BCUT2D eigenvalue weighted by Gasteiger charge is 2.39. The normalized spacial score (nSPS) is 34.0. The average molecular weight is 169 g/mol. The molecule has 0 radical (unpaired) electrons. The van der Waals surface area contributed by atoms with Crippen LogP contribution in [0.25, 0.3) is 0 Å². The molecular formula is C10H19NO. The molecule has 1 N–H and O–H groups in total. The monoisotopic (exact) mass is 169 g/mol. The van der Waals surface area contributed by atoms with Gasteiger partial charge in [0.1, 0.15) is 0 Å². The second-order valence-electron chi connectivity index (χ2n) is 4.88. The Balaban J connectivity index is 1.76. The topological polar surface area (TPSA) is 23.5 Å². The van der Waals surface area contributed by atoms with E-state index in [4.69, 9.17) is 5.11 Å². The molecule has 1 atom stereocenters. The van der Waals surface area contributed by atoms with E-state index < -0.39 is 0 Å². The zero-order chi connectivity index (χ0) is 8.60. The van der Waals surface area contributed by atoms with E-state index in [2.05, 4.69) is 11.8 Å². The van der Waals surface area contributed by atoms with Gasteiger partial charge in [-0.25, -0.2) is 0 Å². The van der Waals surface area contributed by atoms with Crippen molar-refractivity contribution < 1.29 is 5.11 Å². The molecule has 0 unspecified atom stereocenters. The van der Waals surface area contributed by atoms with Gasteiger partial charge in [-0.2, -0.15) is 0 Å². The Bertz CT molecular complexity index is 165. The van der Waals surface area contributed by atoms with Crippen molar-refractivity contribution in [3.8, 4) is 0 Å². The van der Waals surface area contributed by atoms with Crippen LogP contribution in [0.1, 0.15) is 26.2 Å². The van der Waals surface area contributed by atoms with E-state index >= 15 is 0 Å². The smallest absolute Gasteiger partial charge is 0.0471 e. The van der Waals surface area contributed by atoms with Crippen molar-refractivity contribution in [3.63, 3.8) is 0 Å². The first-order valence-electron chi connectivity index (χ1n) is 5.05. The maximum Gasteiger partial charge on any atom is 0.0471 e. The molecule has 2 rings (SSSR count). The van der Waals surface area contributed by atoms with Gasteiger partial charge in [0, 0.05) is 19.7 Å². The summed E-state index contributed by atoms with van der Waals surface area (Å²) in [7, 11) is 0. The van der Waals surface area contributed by atoms with Crippen molar-refractivity contribution in [1.29, 1.82) is 0 Å². The first kappa shape index (κ1) is 8.52. The molecule has 2 fully saturated rings. The van der Waals surface area contributed by atoms with Crippen molar-refractivity contribution >= 4 is 0 Å². The Kier molecular flexibility index (Phi) is 2.13. The van der Waals surface area contributed by atoms with Crippen LogP contribution >= 0.6 is 0 Å². The van der Waals surface area contributed by atoms with Crippen LogP contribution in [0, 0.1) is 11.3 Å². The fraction of sp³-hybridized carbons (Fsp3) is 1.00. The first-order valence-corrected chi connectivity index (χ1v) is 5.05. The molecule has 0 bridgehead atoms. The van der Waals surface area contributed by atoms with Crippen LogP contribution in [0.15, 0.2) is 0 Å². The summed E-state index contributed by atoms with van der Waals surface area (Å²) >= 11 is 0. The van der Waals surface area contributed by atoms with Gasteiger partial charge in [0.15, 0.2) is 0 Å². The van der Waals surface area contributed by atoms with Gasteiger partial charge in [0.2, 0.25) is 0 Å². The summed E-state index contributed by atoms with van der Waals surface area (Å²) in [5, 5.41) is 8.97. The van der Waals surface area contributed by atoms with Crippen LogP contribution in [-0.2, 0) is 0 Å². The van der Waals surface area contributed by atoms with Gasteiger partial charge in [-0.15, -0.1) is 0 Å². The molecule has 0 spiro atoms. The molecule has 1 saturated heterocycles. The van der Waals surface area contributed by atoms with Gasteiger partial charge in [-0.1, -0.05) is 6.92 Å². The van der Waals surface area contributed by atoms with Crippen LogP contribution in [0.4, 0.5) is 0 Å². The molecule has 1 aliphatic carbocycles. The molecule has 12 heavy (non-hydrogen) atoms. The fourth-order valence-corrected chi connectivity index (χ4v) is 2.12. The lowest BCUT2D eigenvalue weighted by molar-refractivity contribution is 0.211. The lowest BCUT2D eigenvalue weighted by Crippen LogP contribution is -2.27. The molecule has 0 amide bonds. The maximum absolute atomic E-state index is 8.97. The van der Waals surface area contributed by atoms with E-state index in [1.165, 1.54) is 32.4 Å². The largest absolute Gasteiger partial charge is 0.396 e. The zero-order valence-corrected chi connectivity index (χ0v) is 7.92. The molecule has 2 nitrogen and oxygen atoms in total. The number of likely N-dealkylation sites (tertiary alicyclic amines) is 1. The lowest BCUT2D eigenvalue weighted by atomic mass is 10.1. The Labute approximate surface area is 74.6 Å². The van der Waals surface area contributed by atoms with E-state index in [9.17, 15) is 0 Å². The summed E-state index contributed by atoms with van der Waals surface area (Å²) in [5.74, 6) is 0.562. The highest BCUT2D eigenvalue weighted by atomic mass is 16.3. The molecule has 0 aromatic heterocycles. The molecule has 70 valence electrons. The molecule has 0 aromatic rings. The third kappa shape index (κ3) is 1.80. The van der Waals surface area contributed by atoms with Crippen LogP contribution in [-0.4, -0.2) is 36.2 Å². The van der Waals surface area contributed by atoms with Crippen LogP contribution in [0.3, 0.4) is 0 Å². The van der Waals surface area contributed by atoms with Gasteiger partial charge in [0.05, 0.1) is 0 Å². The highest BCUT2D eigenvalue weighted by molar-refractivity contribution is 4.92. The van der Waals surface area contributed by atoms with Crippen molar-refractivity contribution in [2.75, 3.05) is 26.2 Å². The van der Waals surface area contributed by atoms with E-state index in [0.717, 1.165) is 6.54 Å². The number of nitrogens with zero attached hydrogens (tertiary/aromatic N) is 1. The Morgan fingerprint density at radius 2 is 2.25 bits per heavy atom. The first-order chi connectivity index (χ1) is 5.72. The summed E-state index contributed by atoms with van der Waals surface area (Å²) in [5.41, 5.74) is 0.643. The molecular weight excluding hydrogens is 150 g/mol. The van der Waals surface area contributed by atoms with Gasteiger partial charge < -0.3 is 10.0 Å². The molecule has 0 aromatic carbocycles. The van der Waals surface area contributed by atoms with Crippen molar-refractivity contribution in [3.05, 3.63) is 0 Å². The standard InChI is InChI=1S/C10H19NO/c1-10(3-4-10)8-11-5-2-9(6-11)7-12/h9,12H,2-8H2,1H3/t9-/m1/s1. The van der Waals surface area contributed by atoms with E-state index in [0.29, 0.717) is 17.9 Å². The molecule has 1 saturated carbocycles. The van der Waals surface area contributed by atoms with Gasteiger partial charge in [-0.05, 0) is 37.1 Å². The van der Waals surface area contributed by atoms with Crippen molar-refractivity contribution in [2.24, 2.45) is 11.3 Å². The summed E-state index contributed by atoms with van der Waals surface area (Å²) in [6.45, 7) is 6.36. The third-order valence-corrected chi connectivity index (χ3v) is 3.34.